The number of thiophene rings is 1. The topological polar surface area (TPSA) is 111 Å². The van der Waals surface area contributed by atoms with Gasteiger partial charge in [0.2, 0.25) is 11.5 Å². The van der Waals surface area contributed by atoms with E-state index in [4.69, 9.17) is 37.2 Å². The molecule has 1 heterocycles. The summed E-state index contributed by atoms with van der Waals surface area (Å²) < 4.78 is 87.3. The number of fused-ring (bicyclic) bond motifs is 1. The molecule has 204 valence electrons. The zero-order valence-corrected chi connectivity index (χ0v) is 24.1. The Morgan fingerprint density at radius 3 is 2.00 bits per heavy atom. The maximum atomic E-state index is 15.8. The van der Waals surface area contributed by atoms with E-state index >= 15 is 8.78 Å². The summed E-state index contributed by atoms with van der Waals surface area (Å²) in [7, 11) is -7.57. The summed E-state index contributed by atoms with van der Waals surface area (Å²) in [5.74, 6) is -2.39. The van der Waals surface area contributed by atoms with Gasteiger partial charge in [-0.3, -0.25) is 0 Å². The second kappa shape index (κ2) is 13.8. The van der Waals surface area contributed by atoms with Gasteiger partial charge in [0.15, 0.2) is 17.4 Å². The molecule has 15 heteroatoms. The zero-order valence-electron chi connectivity index (χ0n) is 20.0. The van der Waals surface area contributed by atoms with Crippen LogP contribution >= 0.6 is 42.8 Å². The molecule has 2 rings (SSSR count). The van der Waals surface area contributed by atoms with Crippen LogP contribution in [0.4, 0.5) is 8.78 Å². The molecule has 1 unspecified atom stereocenters. The number of aryl methyl sites for hydroxylation is 1. The summed E-state index contributed by atoms with van der Waals surface area (Å²) in [6.45, 7) is 4.73. The summed E-state index contributed by atoms with van der Waals surface area (Å²) in [5, 5.41) is -0.237. The molecule has 1 aromatic heterocycles. The van der Waals surface area contributed by atoms with Crippen LogP contribution in [0.1, 0.15) is 52.0 Å². The SMILES string of the molecule is CCc1c(S(=O)(=O)NC(CC)(CC)O[P+](=O)O)sc2c(F)c(OCCCCl)c(OCCCCl)c(F)c12. The highest BCUT2D eigenvalue weighted by atomic mass is 35.5. The minimum Gasteiger partial charge on any atom is -0.487 e. The molecule has 0 fully saturated rings. The maximum Gasteiger partial charge on any atom is 0.696 e. The molecule has 2 N–H and O–H groups in total. The van der Waals surface area contributed by atoms with Crippen LogP contribution in [0.5, 0.6) is 11.5 Å². The second-order valence-electron chi connectivity index (χ2n) is 7.63. The van der Waals surface area contributed by atoms with Crippen molar-refractivity contribution >= 4 is 62.9 Å². The number of alkyl halides is 2. The van der Waals surface area contributed by atoms with Gasteiger partial charge in [0.05, 0.1) is 17.9 Å². The molecule has 0 bridgehead atoms. The Balaban J connectivity index is 2.75. The smallest absolute Gasteiger partial charge is 0.487 e. The number of ether oxygens (including phenoxy) is 2. The van der Waals surface area contributed by atoms with Crippen molar-refractivity contribution in [1.29, 1.82) is 0 Å². The number of hydrogen-bond donors (Lipinski definition) is 2. The molecular formula is C21H29Cl2F2NO7PS2+. The monoisotopic (exact) mass is 610 g/mol. The molecule has 0 saturated heterocycles. The Bertz CT molecular complexity index is 1180. The molecule has 1 aromatic carbocycles. The molecule has 1 atom stereocenters. The van der Waals surface area contributed by atoms with E-state index in [0.717, 1.165) is 0 Å². The molecular weight excluding hydrogens is 582 g/mol. The van der Waals surface area contributed by atoms with Crippen molar-refractivity contribution in [3.8, 4) is 11.5 Å². The first-order valence-corrected chi connectivity index (χ1v) is 15.7. The van der Waals surface area contributed by atoms with Crippen molar-refractivity contribution in [2.45, 2.75) is 62.8 Å². The summed E-state index contributed by atoms with van der Waals surface area (Å²) in [6, 6.07) is 0. The molecule has 0 aliphatic heterocycles. The number of benzene rings is 1. The van der Waals surface area contributed by atoms with Crippen LogP contribution in [0.25, 0.3) is 10.1 Å². The van der Waals surface area contributed by atoms with Crippen molar-refractivity contribution in [2.24, 2.45) is 0 Å². The number of rotatable bonds is 16. The molecule has 8 nitrogen and oxygen atoms in total. The van der Waals surface area contributed by atoms with Gasteiger partial charge in [0.1, 0.15) is 4.21 Å². The zero-order chi connectivity index (χ0) is 27.1. The summed E-state index contributed by atoms with van der Waals surface area (Å²) in [5.41, 5.74) is -1.66. The Morgan fingerprint density at radius 1 is 1.03 bits per heavy atom. The van der Waals surface area contributed by atoms with Crippen LogP contribution in [0.3, 0.4) is 0 Å². The van der Waals surface area contributed by atoms with E-state index in [1.165, 1.54) is 0 Å². The van der Waals surface area contributed by atoms with E-state index in [2.05, 4.69) is 4.72 Å². The van der Waals surface area contributed by atoms with Crippen LogP contribution in [0.2, 0.25) is 0 Å². The van der Waals surface area contributed by atoms with Gasteiger partial charge in [-0.05, 0) is 37.7 Å². The third kappa shape index (κ3) is 6.96. The Hall–Kier alpha value is -0.850. The lowest BCUT2D eigenvalue weighted by molar-refractivity contribution is 0.0455. The first-order valence-electron chi connectivity index (χ1n) is 11.2. The third-order valence-corrected chi connectivity index (χ3v) is 9.70. The van der Waals surface area contributed by atoms with Gasteiger partial charge in [-0.15, -0.1) is 39.4 Å². The number of sulfonamides is 1. The molecule has 0 aliphatic carbocycles. The quantitative estimate of drug-likeness (QED) is 0.100. The lowest BCUT2D eigenvalue weighted by Gasteiger charge is -2.25. The maximum absolute atomic E-state index is 15.8. The van der Waals surface area contributed by atoms with Gasteiger partial charge >= 0.3 is 8.25 Å². The molecule has 0 saturated carbocycles. The second-order valence-corrected chi connectivity index (χ2v) is 11.9. The van der Waals surface area contributed by atoms with Crippen molar-refractivity contribution in [3.05, 3.63) is 17.2 Å². The molecule has 36 heavy (non-hydrogen) atoms. The first-order chi connectivity index (χ1) is 17.0. The standard InChI is InChI=1S/C21H28Cl2F2NO7PS2/c1-4-13-14-15(24)17(31-11-7-9-22)18(32-12-8-10-23)16(25)19(14)35-20(13)36(29,30)26-21(5-2,6-3)33-34(27)28/h26H,4-12H2,1-3H3/p+1. The molecule has 2 aromatic rings. The average Bonchev–Trinajstić information content (AvgIpc) is 3.24. The highest BCUT2D eigenvalue weighted by molar-refractivity contribution is 7.91. The fourth-order valence-electron chi connectivity index (χ4n) is 3.48. The molecule has 0 spiro atoms. The summed E-state index contributed by atoms with van der Waals surface area (Å²) >= 11 is 11.9. The fraction of sp³-hybridized carbons (Fsp3) is 0.619. The van der Waals surface area contributed by atoms with Crippen LogP contribution in [0, 0.1) is 11.6 Å². The van der Waals surface area contributed by atoms with Crippen molar-refractivity contribution < 1.29 is 40.7 Å². The van der Waals surface area contributed by atoms with Crippen LogP contribution in [-0.2, 0) is 25.5 Å². The predicted molar refractivity (Wildman–Crippen MR) is 137 cm³/mol. The largest absolute Gasteiger partial charge is 0.696 e. The summed E-state index contributed by atoms with van der Waals surface area (Å²) in [4.78, 5) is 9.26. The van der Waals surface area contributed by atoms with Crippen molar-refractivity contribution in [1.82, 2.24) is 4.72 Å². The van der Waals surface area contributed by atoms with Crippen molar-refractivity contribution in [2.75, 3.05) is 25.0 Å². The van der Waals surface area contributed by atoms with E-state index in [1.54, 1.807) is 20.8 Å². The third-order valence-electron chi connectivity index (χ3n) is 5.36. The Labute approximate surface area is 224 Å². The number of hydrogen-bond acceptors (Lipinski definition) is 7. The van der Waals surface area contributed by atoms with Gasteiger partial charge in [0, 0.05) is 21.7 Å². The predicted octanol–water partition coefficient (Wildman–Crippen LogP) is 6.22. The summed E-state index contributed by atoms with van der Waals surface area (Å²) in [6.07, 6.45) is 0.811. The van der Waals surface area contributed by atoms with Gasteiger partial charge in [0.25, 0.3) is 10.0 Å². The van der Waals surface area contributed by atoms with E-state index in [-0.39, 0.29) is 64.1 Å². The number of nitrogens with one attached hydrogen (secondary N) is 1. The first kappa shape index (κ1) is 31.4. The lowest BCUT2D eigenvalue weighted by atomic mass is 10.1. The van der Waals surface area contributed by atoms with E-state index in [9.17, 15) is 17.9 Å². The van der Waals surface area contributed by atoms with Crippen LogP contribution in [-0.4, -0.2) is 44.0 Å². The van der Waals surface area contributed by atoms with Gasteiger partial charge in [-0.1, -0.05) is 25.3 Å². The van der Waals surface area contributed by atoms with E-state index in [1.807, 2.05) is 0 Å². The lowest BCUT2D eigenvalue weighted by Crippen LogP contribution is -2.48. The van der Waals surface area contributed by atoms with E-state index in [0.29, 0.717) is 24.2 Å². The highest BCUT2D eigenvalue weighted by Gasteiger charge is 2.43. The van der Waals surface area contributed by atoms with Crippen molar-refractivity contribution in [3.63, 3.8) is 0 Å². The number of halogens is 4. The van der Waals surface area contributed by atoms with Gasteiger partial charge < -0.3 is 9.47 Å². The van der Waals surface area contributed by atoms with Gasteiger partial charge in [-0.25, -0.2) is 17.2 Å². The minimum absolute atomic E-state index is 0.0118. The fourth-order valence-corrected chi connectivity index (χ4v) is 7.72. The molecule has 0 aliphatic rings. The van der Waals surface area contributed by atoms with Gasteiger partial charge in [-0.2, -0.15) is 4.72 Å². The van der Waals surface area contributed by atoms with E-state index < -0.39 is 47.1 Å². The normalized spacial score (nSPS) is 12.8. The van der Waals surface area contributed by atoms with Crippen LogP contribution in [0.15, 0.2) is 4.21 Å². The molecule has 0 radical (unpaired) electrons. The van der Waals surface area contributed by atoms with Crippen LogP contribution < -0.4 is 14.2 Å². The highest BCUT2D eigenvalue weighted by Crippen LogP contribution is 2.47. The minimum atomic E-state index is -4.44. The Morgan fingerprint density at radius 2 is 1.56 bits per heavy atom. The average molecular weight is 611 g/mol. The molecule has 0 amide bonds. The Kier molecular flexibility index (Phi) is 12.0.